The second kappa shape index (κ2) is 32.8. The number of carbonyl (C=O) groups excluding carboxylic acids is 2. The molecule has 5 heteroatoms. The van der Waals surface area contributed by atoms with Crippen LogP contribution in [0.5, 0.6) is 0 Å². The summed E-state index contributed by atoms with van der Waals surface area (Å²) in [6.07, 6.45) is 42.4. The molecule has 0 radical (unpaired) electrons. The molecule has 0 saturated heterocycles. The van der Waals surface area contributed by atoms with E-state index in [0.29, 0.717) is 12.8 Å². The lowest BCUT2D eigenvalue weighted by atomic mass is 10.1. The highest BCUT2D eigenvalue weighted by Crippen LogP contribution is 2.12. The minimum absolute atomic E-state index is 0.0858. The molecule has 0 heterocycles. The van der Waals surface area contributed by atoms with Crippen LogP contribution in [0.1, 0.15) is 129 Å². The van der Waals surface area contributed by atoms with Crippen molar-refractivity contribution in [3.63, 3.8) is 0 Å². The molecule has 0 saturated carbocycles. The van der Waals surface area contributed by atoms with Crippen molar-refractivity contribution in [1.82, 2.24) is 0 Å². The van der Waals surface area contributed by atoms with Crippen LogP contribution in [-0.2, 0) is 19.1 Å². The van der Waals surface area contributed by atoms with Gasteiger partial charge in [-0.05, 0) is 51.4 Å². The zero-order chi connectivity index (χ0) is 30.8. The number of hydrogen-bond acceptors (Lipinski definition) is 5. The highest BCUT2D eigenvalue weighted by molar-refractivity contribution is 5.70. The lowest BCUT2D eigenvalue weighted by Gasteiger charge is -2.15. The van der Waals surface area contributed by atoms with Gasteiger partial charge in [0.25, 0.3) is 0 Å². The third kappa shape index (κ3) is 30.3. The van der Waals surface area contributed by atoms with E-state index in [0.717, 1.165) is 77.0 Å². The van der Waals surface area contributed by atoms with Crippen molar-refractivity contribution in [2.24, 2.45) is 0 Å². The topological polar surface area (TPSA) is 72.8 Å². The maximum atomic E-state index is 12.1. The predicted octanol–water partition coefficient (Wildman–Crippen LogP) is 9.83. The number of carbonyl (C=O) groups is 2. The first kappa shape index (κ1) is 39.3. The second-order valence-electron chi connectivity index (χ2n) is 10.6. The molecule has 5 nitrogen and oxygen atoms in total. The van der Waals surface area contributed by atoms with E-state index in [2.05, 4.69) is 80.7 Å². The Labute approximate surface area is 257 Å². The van der Waals surface area contributed by atoms with Crippen molar-refractivity contribution in [3.8, 4) is 0 Å². The summed E-state index contributed by atoms with van der Waals surface area (Å²) in [5, 5.41) is 9.50. The van der Waals surface area contributed by atoms with Crippen molar-refractivity contribution < 1.29 is 24.2 Å². The van der Waals surface area contributed by atoms with Crippen LogP contribution < -0.4 is 0 Å². The van der Waals surface area contributed by atoms with E-state index >= 15 is 0 Å². The number of aliphatic hydroxyl groups excluding tert-OH is 1. The molecule has 0 aliphatic rings. The average molecular weight is 585 g/mol. The number of allylic oxidation sites excluding steroid dienone is 12. The molecule has 0 aromatic carbocycles. The van der Waals surface area contributed by atoms with Gasteiger partial charge in [-0.25, -0.2) is 0 Å². The van der Waals surface area contributed by atoms with Crippen LogP contribution in [0.4, 0.5) is 0 Å². The molecule has 0 bridgehead atoms. The third-order valence-electron chi connectivity index (χ3n) is 6.62. The van der Waals surface area contributed by atoms with Gasteiger partial charge in [-0.15, -0.1) is 0 Å². The van der Waals surface area contributed by atoms with Crippen LogP contribution >= 0.6 is 0 Å². The van der Waals surface area contributed by atoms with Gasteiger partial charge < -0.3 is 14.6 Å². The van der Waals surface area contributed by atoms with Gasteiger partial charge in [0.15, 0.2) is 6.10 Å². The molecule has 0 spiro atoms. The Morgan fingerprint density at radius 2 is 0.952 bits per heavy atom. The van der Waals surface area contributed by atoms with Gasteiger partial charge in [-0.2, -0.15) is 0 Å². The van der Waals surface area contributed by atoms with E-state index in [9.17, 15) is 14.7 Å². The van der Waals surface area contributed by atoms with Crippen LogP contribution in [0.2, 0.25) is 0 Å². The molecule has 1 unspecified atom stereocenters. The highest BCUT2D eigenvalue weighted by atomic mass is 16.6. The maximum absolute atomic E-state index is 12.1. The van der Waals surface area contributed by atoms with Crippen LogP contribution in [0.25, 0.3) is 0 Å². The predicted molar refractivity (Wildman–Crippen MR) is 177 cm³/mol. The first-order valence-electron chi connectivity index (χ1n) is 16.6. The van der Waals surface area contributed by atoms with Gasteiger partial charge in [-0.3, -0.25) is 9.59 Å². The summed E-state index contributed by atoms with van der Waals surface area (Å²) in [6.45, 7) is 3.81. The van der Waals surface area contributed by atoms with E-state index in [1.165, 1.54) is 25.7 Å². The fourth-order valence-corrected chi connectivity index (χ4v) is 4.14. The monoisotopic (exact) mass is 584 g/mol. The molecule has 0 aromatic rings. The molecule has 0 aromatic heterocycles. The quantitative estimate of drug-likeness (QED) is 0.0563. The standard InChI is InChI=1S/C37H60O5/c1-3-5-7-9-11-13-15-17-18-20-22-24-26-28-30-32-37(40)42-35(33-38)34-41-36(39)31-29-27-25-23-21-19-16-14-12-10-8-6-4-2/h5-16,35,38H,3-4,17-34H2,1-2H3/b7-5+,8-6+,11-9+,12-10+,15-13+,16-14+. The minimum atomic E-state index is -0.788. The van der Waals surface area contributed by atoms with Crippen molar-refractivity contribution in [2.45, 2.75) is 136 Å². The van der Waals surface area contributed by atoms with Gasteiger partial charge in [0.05, 0.1) is 6.61 Å². The number of esters is 2. The van der Waals surface area contributed by atoms with Crippen molar-refractivity contribution in [1.29, 1.82) is 0 Å². The second-order valence-corrected chi connectivity index (χ2v) is 10.6. The largest absolute Gasteiger partial charge is 0.462 e. The summed E-state index contributed by atoms with van der Waals surface area (Å²) in [5.74, 6) is -0.639. The maximum Gasteiger partial charge on any atom is 0.306 e. The van der Waals surface area contributed by atoms with Crippen molar-refractivity contribution in [3.05, 3.63) is 72.9 Å². The Bertz CT molecular complexity index is 803. The number of aliphatic hydroxyl groups is 1. The fourth-order valence-electron chi connectivity index (χ4n) is 4.14. The number of rotatable bonds is 28. The molecule has 42 heavy (non-hydrogen) atoms. The summed E-state index contributed by atoms with van der Waals surface area (Å²) in [5.41, 5.74) is 0. The summed E-state index contributed by atoms with van der Waals surface area (Å²) in [7, 11) is 0. The number of hydrogen-bond donors (Lipinski definition) is 1. The molecular weight excluding hydrogens is 524 g/mol. The first-order valence-corrected chi connectivity index (χ1v) is 16.6. The Kier molecular flexibility index (Phi) is 30.8. The molecule has 0 amide bonds. The molecule has 238 valence electrons. The van der Waals surface area contributed by atoms with E-state index in [1.54, 1.807) is 0 Å². The van der Waals surface area contributed by atoms with E-state index in [1.807, 2.05) is 6.08 Å². The van der Waals surface area contributed by atoms with Crippen LogP contribution in [0.3, 0.4) is 0 Å². The smallest absolute Gasteiger partial charge is 0.306 e. The molecule has 0 aliphatic carbocycles. The molecule has 0 aliphatic heterocycles. The van der Waals surface area contributed by atoms with Gasteiger partial charge in [-0.1, -0.05) is 138 Å². The molecular formula is C37H60O5. The number of unbranched alkanes of at least 4 members (excludes halogenated alkanes) is 12. The Morgan fingerprint density at radius 1 is 0.548 bits per heavy atom. The van der Waals surface area contributed by atoms with Gasteiger partial charge in [0.1, 0.15) is 6.61 Å². The van der Waals surface area contributed by atoms with Gasteiger partial charge in [0, 0.05) is 12.8 Å². The third-order valence-corrected chi connectivity index (χ3v) is 6.62. The van der Waals surface area contributed by atoms with Gasteiger partial charge >= 0.3 is 11.9 Å². The van der Waals surface area contributed by atoms with Crippen molar-refractivity contribution in [2.75, 3.05) is 13.2 Å². The lowest BCUT2D eigenvalue weighted by molar-refractivity contribution is -0.161. The highest BCUT2D eigenvalue weighted by Gasteiger charge is 2.16. The Balaban J connectivity index is 3.67. The van der Waals surface area contributed by atoms with E-state index in [4.69, 9.17) is 9.47 Å². The number of ether oxygens (including phenoxy) is 2. The van der Waals surface area contributed by atoms with Crippen LogP contribution in [-0.4, -0.2) is 36.4 Å². The molecule has 0 rings (SSSR count). The fraction of sp³-hybridized carbons (Fsp3) is 0.622. The van der Waals surface area contributed by atoms with E-state index in [-0.39, 0.29) is 25.2 Å². The lowest BCUT2D eigenvalue weighted by Crippen LogP contribution is -2.28. The molecule has 0 fully saturated rings. The summed E-state index contributed by atoms with van der Waals surface area (Å²) in [4.78, 5) is 24.1. The van der Waals surface area contributed by atoms with Crippen molar-refractivity contribution >= 4 is 11.9 Å². The first-order chi connectivity index (χ1) is 20.6. The normalized spacial score (nSPS) is 13.1. The Morgan fingerprint density at radius 3 is 1.40 bits per heavy atom. The SMILES string of the molecule is CC/C=C/C=C/C=C/CCCCCCCCCC(=O)OC(CO)COC(=O)CCCCCCC/C=C/C=C/C=C/CC. The van der Waals surface area contributed by atoms with E-state index < -0.39 is 6.10 Å². The van der Waals surface area contributed by atoms with Crippen LogP contribution in [0, 0.1) is 0 Å². The van der Waals surface area contributed by atoms with Crippen LogP contribution in [0.15, 0.2) is 72.9 Å². The summed E-state index contributed by atoms with van der Waals surface area (Å²) in [6, 6.07) is 0. The molecule has 1 N–H and O–H groups in total. The zero-order valence-corrected chi connectivity index (χ0v) is 26.7. The summed E-state index contributed by atoms with van der Waals surface area (Å²) >= 11 is 0. The minimum Gasteiger partial charge on any atom is -0.462 e. The Hall–Kier alpha value is -2.66. The average Bonchev–Trinajstić information content (AvgIpc) is 2.99. The molecule has 1 atom stereocenters. The van der Waals surface area contributed by atoms with Gasteiger partial charge in [0.2, 0.25) is 0 Å². The summed E-state index contributed by atoms with van der Waals surface area (Å²) < 4.78 is 10.5. The zero-order valence-electron chi connectivity index (χ0n) is 26.7.